The molecule has 0 saturated carbocycles. The average Bonchev–Trinajstić information content (AvgIpc) is 3.04. The fourth-order valence-corrected chi connectivity index (χ4v) is 2.80. The summed E-state index contributed by atoms with van der Waals surface area (Å²) in [5, 5.41) is 9.75. The highest BCUT2D eigenvalue weighted by Gasteiger charge is 2.12. The molecular weight excluding hydrogens is 250 g/mol. The number of benzene rings is 1. The van der Waals surface area contributed by atoms with E-state index in [-0.39, 0.29) is 0 Å². The molecule has 0 bridgehead atoms. The van der Waals surface area contributed by atoms with Gasteiger partial charge in [-0.15, -0.1) is 0 Å². The van der Waals surface area contributed by atoms with Crippen LogP contribution in [0.2, 0.25) is 0 Å². The van der Waals surface area contributed by atoms with Crippen molar-refractivity contribution in [3.63, 3.8) is 0 Å². The van der Waals surface area contributed by atoms with Gasteiger partial charge in [0.2, 0.25) is 0 Å². The molecule has 98 valence electrons. The Balaban J connectivity index is 1.99. The quantitative estimate of drug-likeness (QED) is 0.595. The van der Waals surface area contributed by atoms with Crippen LogP contribution in [0.4, 0.5) is 0 Å². The summed E-state index contributed by atoms with van der Waals surface area (Å²) in [6.07, 6.45) is 0. The van der Waals surface area contributed by atoms with E-state index in [1.165, 1.54) is 0 Å². The van der Waals surface area contributed by atoms with Crippen LogP contribution in [-0.2, 0) is 0 Å². The molecule has 3 heteroatoms. The number of aromatic nitrogens is 1. The lowest BCUT2D eigenvalue weighted by Crippen LogP contribution is -1.82. The lowest BCUT2D eigenvalue weighted by molar-refractivity contribution is 0.415. The van der Waals surface area contributed by atoms with Crippen LogP contribution in [0, 0.1) is 0 Å². The van der Waals surface area contributed by atoms with Crippen molar-refractivity contribution in [3.05, 3.63) is 54.6 Å². The van der Waals surface area contributed by atoms with E-state index in [2.05, 4.69) is 28.7 Å². The summed E-state index contributed by atoms with van der Waals surface area (Å²) in [5.41, 5.74) is 5.47. The molecule has 0 amide bonds. The molecule has 4 aromatic rings. The molecule has 0 aliphatic heterocycles. The molecule has 3 heterocycles. The second-order valence-electron chi connectivity index (χ2n) is 4.90. The first-order valence-corrected chi connectivity index (χ1v) is 6.47. The fourth-order valence-electron chi connectivity index (χ4n) is 2.80. The van der Waals surface area contributed by atoms with E-state index in [9.17, 15) is 5.11 Å². The standard InChI is InChI=1S/C17H13NO2/c1-20-15-5-2-11(3-6-15)16-10-13-9-14(19)8-12-4-7-17(16)18(12)13/h2-10,19H,1H3. The predicted molar refractivity (Wildman–Crippen MR) is 79.7 cm³/mol. The van der Waals surface area contributed by atoms with Gasteiger partial charge in [0.25, 0.3) is 0 Å². The van der Waals surface area contributed by atoms with Gasteiger partial charge in [0.1, 0.15) is 11.5 Å². The van der Waals surface area contributed by atoms with Crippen LogP contribution < -0.4 is 4.74 Å². The van der Waals surface area contributed by atoms with Crippen molar-refractivity contribution in [2.75, 3.05) is 7.11 Å². The Hall–Kier alpha value is -2.68. The number of methoxy groups -OCH3 is 1. The zero-order valence-corrected chi connectivity index (χ0v) is 11.0. The van der Waals surface area contributed by atoms with E-state index in [4.69, 9.17) is 4.74 Å². The van der Waals surface area contributed by atoms with E-state index in [0.29, 0.717) is 5.75 Å². The van der Waals surface area contributed by atoms with Gasteiger partial charge in [-0.25, -0.2) is 0 Å². The Morgan fingerprint density at radius 1 is 0.900 bits per heavy atom. The number of aromatic hydroxyl groups is 1. The van der Waals surface area contributed by atoms with Gasteiger partial charge in [0.15, 0.2) is 0 Å². The topological polar surface area (TPSA) is 33.9 Å². The van der Waals surface area contributed by atoms with Crippen molar-refractivity contribution < 1.29 is 9.84 Å². The summed E-state index contributed by atoms with van der Waals surface area (Å²) in [4.78, 5) is 0. The van der Waals surface area contributed by atoms with Crippen molar-refractivity contribution >= 4 is 16.6 Å². The van der Waals surface area contributed by atoms with Gasteiger partial charge in [0, 0.05) is 23.2 Å². The van der Waals surface area contributed by atoms with Crippen LogP contribution in [0.5, 0.6) is 11.5 Å². The highest BCUT2D eigenvalue weighted by molar-refractivity contribution is 5.91. The molecule has 0 unspecified atom stereocenters. The summed E-state index contributed by atoms with van der Waals surface area (Å²) in [6, 6.07) is 17.8. The Bertz CT molecular complexity index is 890. The fraction of sp³-hybridized carbons (Fsp3) is 0.0588. The maximum absolute atomic E-state index is 9.75. The first-order valence-electron chi connectivity index (χ1n) is 6.47. The van der Waals surface area contributed by atoms with Gasteiger partial charge in [-0.3, -0.25) is 0 Å². The number of hydrogen-bond acceptors (Lipinski definition) is 2. The maximum Gasteiger partial charge on any atom is 0.119 e. The molecule has 0 radical (unpaired) electrons. The van der Waals surface area contributed by atoms with Crippen molar-refractivity contribution in [1.82, 2.24) is 4.40 Å². The smallest absolute Gasteiger partial charge is 0.119 e. The van der Waals surface area contributed by atoms with Crippen molar-refractivity contribution in [1.29, 1.82) is 0 Å². The van der Waals surface area contributed by atoms with Crippen molar-refractivity contribution in [3.8, 4) is 22.6 Å². The minimum atomic E-state index is 0.296. The molecule has 3 nitrogen and oxygen atoms in total. The van der Waals surface area contributed by atoms with Crippen molar-refractivity contribution in [2.24, 2.45) is 0 Å². The molecule has 0 aliphatic rings. The number of hydrogen-bond donors (Lipinski definition) is 1. The van der Waals surface area contributed by atoms with Gasteiger partial charge < -0.3 is 14.2 Å². The number of pyridine rings is 1. The van der Waals surface area contributed by atoms with Gasteiger partial charge >= 0.3 is 0 Å². The van der Waals surface area contributed by atoms with Gasteiger partial charge in [0.05, 0.1) is 18.1 Å². The highest BCUT2D eigenvalue weighted by atomic mass is 16.5. The molecule has 0 saturated heterocycles. The van der Waals surface area contributed by atoms with Gasteiger partial charge in [-0.2, -0.15) is 0 Å². The summed E-state index contributed by atoms with van der Waals surface area (Å²) in [7, 11) is 1.67. The Labute approximate surface area is 116 Å². The molecule has 20 heavy (non-hydrogen) atoms. The monoisotopic (exact) mass is 263 g/mol. The largest absolute Gasteiger partial charge is 0.508 e. The molecule has 0 spiro atoms. The van der Waals surface area contributed by atoms with Crippen LogP contribution in [0.25, 0.3) is 27.7 Å². The third-order valence-corrected chi connectivity index (χ3v) is 3.73. The molecule has 0 aliphatic carbocycles. The van der Waals surface area contributed by atoms with E-state index >= 15 is 0 Å². The molecule has 4 rings (SSSR count). The van der Waals surface area contributed by atoms with E-state index in [1.54, 1.807) is 19.2 Å². The average molecular weight is 263 g/mol. The van der Waals surface area contributed by atoms with Crippen molar-refractivity contribution in [2.45, 2.75) is 0 Å². The Morgan fingerprint density at radius 2 is 1.65 bits per heavy atom. The first-order chi connectivity index (χ1) is 9.76. The van der Waals surface area contributed by atoms with Gasteiger partial charge in [-0.05, 0) is 35.9 Å². The minimum absolute atomic E-state index is 0.296. The second kappa shape index (κ2) is 3.90. The third-order valence-electron chi connectivity index (χ3n) is 3.73. The maximum atomic E-state index is 9.75. The summed E-state index contributed by atoms with van der Waals surface area (Å²) >= 11 is 0. The molecule has 1 aromatic carbocycles. The first kappa shape index (κ1) is 11.2. The van der Waals surface area contributed by atoms with Gasteiger partial charge in [-0.1, -0.05) is 12.1 Å². The zero-order valence-electron chi connectivity index (χ0n) is 11.0. The van der Waals surface area contributed by atoms with Crippen LogP contribution in [0.1, 0.15) is 0 Å². The molecule has 0 fully saturated rings. The molecule has 0 atom stereocenters. The molecular formula is C17H13NO2. The van der Waals surface area contributed by atoms with Crippen LogP contribution in [0.3, 0.4) is 0 Å². The number of rotatable bonds is 2. The summed E-state index contributed by atoms with van der Waals surface area (Å²) < 4.78 is 7.35. The lowest BCUT2D eigenvalue weighted by Gasteiger charge is -2.01. The summed E-state index contributed by atoms with van der Waals surface area (Å²) in [5.74, 6) is 1.15. The molecule has 3 aromatic heterocycles. The van der Waals surface area contributed by atoms with Crippen LogP contribution >= 0.6 is 0 Å². The van der Waals surface area contributed by atoms with Crippen LogP contribution in [-0.4, -0.2) is 16.6 Å². The normalized spacial score (nSPS) is 11.4. The summed E-state index contributed by atoms with van der Waals surface area (Å²) in [6.45, 7) is 0. The lowest BCUT2D eigenvalue weighted by atomic mass is 10.1. The minimum Gasteiger partial charge on any atom is -0.508 e. The van der Waals surface area contributed by atoms with Crippen LogP contribution in [0.15, 0.2) is 54.6 Å². The van der Waals surface area contributed by atoms with E-state index in [0.717, 1.165) is 33.4 Å². The Kier molecular flexibility index (Phi) is 2.18. The van der Waals surface area contributed by atoms with E-state index in [1.807, 2.05) is 18.2 Å². The number of nitrogens with zero attached hydrogens (tertiary/aromatic N) is 1. The SMILES string of the molecule is COc1ccc(-c2cc3cc(O)cc4ccc2n43)cc1. The van der Waals surface area contributed by atoms with E-state index < -0.39 is 0 Å². The highest BCUT2D eigenvalue weighted by Crippen LogP contribution is 2.34. The number of ether oxygens (including phenoxy) is 1. The second-order valence-corrected chi connectivity index (χ2v) is 4.90. The Morgan fingerprint density at radius 3 is 2.40 bits per heavy atom. The molecule has 1 N–H and O–H groups in total. The zero-order chi connectivity index (χ0) is 13.7. The third kappa shape index (κ3) is 1.46. The predicted octanol–water partition coefficient (Wildman–Crippen LogP) is 3.91.